The van der Waals surface area contributed by atoms with Crippen LogP contribution in [0.1, 0.15) is 26.2 Å². The number of aryl methyl sites for hydroxylation is 1. The average molecular weight is 251 g/mol. The molecule has 1 aliphatic rings. The van der Waals surface area contributed by atoms with Gasteiger partial charge in [-0.1, -0.05) is 0 Å². The number of hydrogen-bond donors (Lipinski definition) is 1. The smallest absolute Gasteiger partial charge is 0.268 e. The van der Waals surface area contributed by atoms with E-state index in [-0.39, 0.29) is 5.56 Å². The minimum absolute atomic E-state index is 0.0488. The first-order valence-corrected chi connectivity index (χ1v) is 6.68. The summed E-state index contributed by atoms with van der Waals surface area (Å²) in [7, 11) is 0. The maximum absolute atomic E-state index is 11.8. The van der Waals surface area contributed by atoms with Gasteiger partial charge in [-0.25, -0.2) is 4.68 Å². The molecule has 0 unspecified atom stereocenters. The highest BCUT2D eigenvalue weighted by Crippen LogP contribution is 2.28. The van der Waals surface area contributed by atoms with E-state index in [0.717, 1.165) is 24.6 Å². The van der Waals surface area contributed by atoms with Gasteiger partial charge in [-0.3, -0.25) is 4.79 Å². The summed E-state index contributed by atoms with van der Waals surface area (Å²) in [5.41, 5.74) is 0.778. The van der Waals surface area contributed by atoms with Crippen molar-refractivity contribution in [3.8, 4) is 0 Å². The summed E-state index contributed by atoms with van der Waals surface area (Å²) in [5.74, 6) is 0.790. The van der Waals surface area contributed by atoms with Crippen molar-refractivity contribution in [3.05, 3.63) is 22.6 Å². The van der Waals surface area contributed by atoms with Crippen molar-refractivity contribution < 1.29 is 4.74 Å². The molecule has 0 saturated heterocycles. The molecular formula is C13H21N3O2. The van der Waals surface area contributed by atoms with Gasteiger partial charge in [-0.2, -0.15) is 5.10 Å². The third-order valence-electron chi connectivity index (χ3n) is 3.02. The minimum Gasteiger partial charge on any atom is -0.383 e. The molecule has 1 saturated carbocycles. The molecule has 1 fully saturated rings. The largest absolute Gasteiger partial charge is 0.383 e. The Morgan fingerprint density at radius 1 is 1.56 bits per heavy atom. The van der Waals surface area contributed by atoms with Crippen molar-refractivity contribution in [3.63, 3.8) is 0 Å². The average Bonchev–Trinajstić information content (AvgIpc) is 3.18. The summed E-state index contributed by atoms with van der Waals surface area (Å²) in [6.07, 6.45) is 5.14. The molecule has 5 nitrogen and oxygen atoms in total. The van der Waals surface area contributed by atoms with Gasteiger partial charge >= 0.3 is 0 Å². The SMILES string of the molecule is CCOCCCn1ncc(NCC2CC2)cc1=O. The lowest BCUT2D eigenvalue weighted by atomic mass is 10.4. The highest BCUT2D eigenvalue weighted by atomic mass is 16.5. The third kappa shape index (κ3) is 4.14. The molecule has 0 aromatic carbocycles. The van der Waals surface area contributed by atoms with Crippen LogP contribution in [-0.2, 0) is 11.3 Å². The topological polar surface area (TPSA) is 56.1 Å². The first-order chi connectivity index (χ1) is 8.79. The molecule has 1 aromatic rings. The first-order valence-electron chi connectivity index (χ1n) is 6.68. The van der Waals surface area contributed by atoms with Gasteiger partial charge in [0.2, 0.25) is 0 Å². The lowest BCUT2D eigenvalue weighted by Crippen LogP contribution is -2.23. The summed E-state index contributed by atoms with van der Waals surface area (Å²) in [6.45, 7) is 4.92. The van der Waals surface area contributed by atoms with E-state index in [1.807, 2.05) is 6.92 Å². The van der Waals surface area contributed by atoms with E-state index in [2.05, 4.69) is 10.4 Å². The lowest BCUT2D eigenvalue weighted by molar-refractivity contribution is 0.140. The summed E-state index contributed by atoms with van der Waals surface area (Å²) in [5, 5.41) is 7.41. The molecule has 1 aromatic heterocycles. The Morgan fingerprint density at radius 2 is 2.39 bits per heavy atom. The van der Waals surface area contributed by atoms with Gasteiger partial charge in [0.1, 0.15) is 0 Å². The molecule has 0 aliphatic heterocycles. The fourth-order valence-electron chi connectivity index (χ4n) is 1.74. The Morgan fingerprint density at radius 3 is 3.06 bits per heavy atom. The number of nitrogens with zero attached hydrogens (tertiary/aromatic N) is 2. The number of rotatable bonds is 8. The lowest BCUT2D eigenvalue weighted by Gasteiger charge is -2.07. The predicted molar refractivity (Wildman–Crippen MR) is 70.8 cm³/mol. The van der Waals surface area contributed by atoms with Crippen molar-refractivity contribution in [2.75, 3.05) is 25.1 Å². The van der Waals surface area contributed by atoms with E-state index in [1.54, 1.807) is 12.3 Å². The van der Waals surface area contributed by atoms with Gasteiger partial charge in [-0.05, 0) is 32.1 Å². The zero-order valence-corrected chi connectivity index (χ0v) is 10.9. The number of nitrogens with one attached hydrogen (secondary N) is 1. The van der Waals surface area contributed by atoms with E-state index in [9.17, 15) is 4.79 Å². The van der Waals surface area contributed by atoms with Crippen LogP contribution in [0.4, 0.5) is 5.69 Å². The van der Waals surface area contributed by atoms with Gasteiger partial charge in [0.15, 0.2) is 0 Å². The number of anilines is 1. The molecule has 1 heterocycles. The zero-order chi connectivity index (χ0) is 12.8. The quantitative estimate of drug-likeness (QED) is 0.711. The standard InChI is InChI=1S/C13H21N3O2/c1-2-18-7-3-6-16-13(17)8-12(10-15-16)14-9-11-4-5-11/h8,10-11,14H,2-7,9H2,1H3. The second-order valence-electron chi connectivity index (χ2n) is 4.68. The Balaban J connectivity index is 1.81. The molecule has 100 valence electrons. The Kier molecular flexibility index (Phi) is 4.75. The molecule has 0 bridgehead atoms. The Hall–Kier alpha value is -1.36. The molecule has 0 atom stereocenters. The van der Waals surface area contributed by atoms with Gasteiger partial charge in [-0.15, -0.1) is 0 Å². The summed E-state index contributed by atoms with van der Waals surface area (Å²) >= 11 is 0. The fourth-order valence-corrected chi connectivity index (χ4v) is 1.74. The van der Waals surface area contributed by atoms with Crippen LogP contribution in [0, 0.1) is 5.92 Å². The van der Waals surface area contributed by atoms with Crippen molar-refractivity contribution in [1.82, 2.24) is 9.78 Å². The van der Waals surface area contributed by atoms with Crippen LogP contribution in [-0.4, -0.2) is 29.5 Å². The van der Waals surface area contributed by atoms with Crippen molar-refractivity contribution >= 4 is 5.69 Å². The van der Waals surface area contributed by atoms with Gasteiger partial charge in [0, 0.05) is 32.4 Å². The Bertz CT molecular complexity index is 426. The third-order valence-corrected chi connectivity index (χ3v) is 3.02. The normalized spacial score (nSPS) is 14.7. The minimum atomic E-state index is -0.0488. The van der Waals surface area contributed by atoms with E-state index in [4.69, 9.17) is 4.74 Å². The summed E-state index contributed by atoms with van der Waals surface area (Å²) in [4.78, 5) is 11.8. The highest BCUT2D eigenvalue weighted by molar-refractivity contribution is 5.38. The maximum Gasteiger partial charge on any atom is 0.268 e. The number of aromatic nitrogens is 2. The number of hydrogen-bond acceptors (Lipinski definition) is 4. The molecule has 5 heteroatoms. The molecule has 18 heavy (non-hydrogen) atoms. The van der Waals surface area contributed by atoms with Gasteiger partial charge in [0.25, 0.3) is 5.56 Å². The summed E-state index contributed by atoms with van der Waals surface area (Å²) < 4.78 is 6.72. The molecule has 1 aliphatic carbocycles. The molecule has 2 rings (SSSR count). The van der Waals surface area contributed by atoms with E-state index >= 15 is 0 Å². The van der Waals surface area contributed by atoms with Crippen molar-refractivity contribution in [2.24, 2.45) is 5.92 Å². The van der Waals surface area contributed by atoms with Crippen LogP contribution in [0.15, 0.2) is 17.1 Å². The molecule has 1 N–H and O–H groups in total. The van der Waals surface area contributed by atoms with Crippen LogP contribution >= 0.6 is 0 Å². The van der Waals surface area contributed by atoms with Crippen LogP contribution in [0.25, 0.3) is 0 Å². The zero-order valence-electron chi connectivity index (χ0n) is 10.9. The first kappa shape index (κ1) is 13.1. The summed E-state index contributed by atoms with van der Waals surface area (Å²) in [6, 6.07) is 1.62. The maximum atomic E-state index is 11.8. The van der Waals surface area contributed by atoms with Gasteiger partial charge < -0.3 is 10.1 Å². The monoisotopic (exact) mass is 251 g/mol. The van der Waals surface area contributed by atoms with Crippen LogP contribution in [0.3, 0.4) is 0 Å². The van der Waals surface area contributed by atoms with E-state index < -0.39 is 0 Å². The number of ether oxygens (including phenoxy) is 1. The van der Waals surface area contributed by atoms with Crippen molar-refractivity contribution in [2.45, 2.75) is 32.7 Å². The van der Waals surface area contributed by atoms with Crippen LogP contribution in [0.5, 0.6) is 0 Å². The van der Waals surface area contributed by atoms with E-state index in [0.29, 0.717) is 19.8 Å². The molecular weight excluding hydrogens is 230 g/mol. The molecule has 0 amide bonds. The van der Waals surface area contributed by atoms with Gasteiger partial charge in [0.05, 0.1) is 11.9 Å². The molecule has 0 spiro atoms. The van der Waals surface area contributed by atoms with E-state index in [1.165, 1.54) is 17.5 Å². The second kappa shape index (κ2) is 6.54. The second-order valence-corrected chi connectivity index (χ2v) is 4.68. The predicted octanol–water partition coefficient (Wildman–Crippen LogP) is 1.49. The fraction of sp³-hybridized carbons (Fsp3) is 0.692. The Labute approximate surface area is 107 Å². The highest BCUT2D eigenvalue weighted by Gasteiger charge is 2.20. The van der Waals surface area contributed by atoms with Crippen LogP contribution < -0.4 is 10.9 Å². The van der Waals surface area contributed by atoms with Crippen molar-refractivity contribution in [1.29, 1.82) is 0 Å². The van der Waals surface area contributed by atoms with Crippen LogP contribution in [0.2, 0.25) is 0 Å². The molecule has 0 radical (unpaired) electrons.